The zero-order valence-electron chi connectivity index (χ0n) is 10.6. The largest absolute Gasteiger partial charge is 0.480 e. The first kappa shape index (κ1) is 12.8. The number of rotatable bonds is 3. The third kappa shape index (κ3) is 2.33. The number of para-hydroxylation sites is 1. The monoisotopic (exact) mass is 255 g/mol. The first-order valence-electron chi connectivity index (χ1n) is 5.75. The predicted molar refractivity (Wildman–Crippen MR) is 71.8 cm³/mol. The van der Waals surface area contributed by atoms with Gasteiger partial charge in [0.1, 0.15) is 11.6 Å². The summed E-state index contributed by atoms with van der Waals surface area (Å²) >= 11 is 0. The van der Waals surface area contributed by atoms with Gasteiger partial charge in [0.2, 0.25) is 0 Å². The van der Waals surface area contributed by atoms with E-state index >= 15 is 0 Å². The summed E-state index contributed by atoms with van der Waals surface area (Å²) in [7, 11) is 0. The number of aromatic nitrogens is 1. The number of aliphatic carboxylic acids is 1. The van der Waals surface area contributed by atoms with Gasteiger partial charge >= 0.3 is 5.97 Å². The molecule has 0 atom stereocenters. The molecule has 0 saturated heterocycles. The second kappa shape index (κ2) is 4.58. The summed E-state index contributed by atoms with van der Waals surface area (Å²) in [6.45, 7) is 3.09. The summed E-state index contributed by atoms with van der Waals surface area (Å²) in [6, 6.07) is 9.32. The van der Waals surface area contributed by atoms with Crippen LogP contribution in [0.2, 0.25) is 0 Å². The molecule has 5 heteroatoms. The van der Waals surface area contributed by atoms with Gasteiger partial charge in [0.05, 0.1) is 16.8 Å². The Hall–Kier alpha value is -2.61. The lowest BCUT2D eigenvalue weighted by molar-refractivity contribution is -0.141. The second-order valence-electron chi connectivity index (χ2n) is 4.73. The van der Waals surface area contributed by atoms with Crippen molar-refractivity contribution >= 4 is 22.6 Å². The van der Waals surface area contributed by atoms with Gasteiger partial charge in [0, 0.05) is 11.6 Å². The highest BCUT2D eigenvalue weighted by Gasteiger charge is 2.28. The van der Waals surface area contributed by atoms with E-state index in [1.807, 2.05) is 30.3 Å². The first-order valence-corrected chi connectivity index (χ1v) is 5.75. The second-order valence-corrected chi connectivity index (χ2v) is 4.73. The van der Waals surface area contributed by atoms with E-state index in [1.165, 1.54) is 6.20 Å². The van der Waals surface area contributed by atoms with Crippen molar-refractivity contribution in [3.8, 4) is 6.07 Å². The molecule has 0 amide bonds. The Kier molecular flexibility index (Phi) is 3.09. The molecule has 19 heavy (non-hydrogen) atoms. The van der Waals surface area contributed by atoms with Crippen LogP contribution in [-0.4, -0.2) is 21.6 Å². The fraction of sp³-hybridized carbons (Fsp3) is 0.214. The van der Waals surface area contributed by atoms with Gasteiger partial charge in [-0.25, -0.2) is 4.79 Å². The van der Waals surface area contributed by atoms with Crippen molar-refractivity contribution < 1.29 is 9.90 Å². The molecular weight excluding hydrogens is 242 g/mol. The highest BCUT2D eigenvalue weighted by atomic mass is 16.4. The first-order chi connectivity index (χ1) is 8.95. The molecule has 0 fully saturated rings. The van der Waals surface area contributed by atoms with Crippen molar-refractivity contribution in [1.29, 1.82) is 5.26 Å². The molecule has 0 aliphatic carbocycles. The van der Waals surface area contributed by atoms with Gasteiger partial charge in [0.25, 0.3) is 0 Å². The van der Waals surface area contributed by atoms with Crippen LogP contribution >= 0.6 is 0 Å². The molecule has 0 unspecified atom stereocenters. The molecular formula is C14H13N3O2. The molecule has 0 saturated carbocycles. The van der Waals surface area contributed by atoms with Crippen molar-refractivity contribution in [1.82, 2.24) is 4.98 Å². The Labute approximate surface area is 110 Å². The molecule has 2 rings (SSSR count). The van der Waals surface area contributed by atoms with Crippen molar-refractivity contribution in [2.45, 2.75) is 19.4 Å². The van der Waals surface area contributed by atoms with Crippen molar-refractivity contribution in [3.63, 3.8) is 0 Å². The fourth-order valence-corrected chi connectivity index (χ4v) is 1.73. The number of anilines is 1. The smallest absolute Gasteiger partial charge is 0.328 e. The number of pyridine rings is 1. The summed E-state index contributed by atoms with van der Waals surface area (Å²) in [5, 5.41) is 22.0. The predicted octanol–water partition coefficient (Wildman–Crippen LogP) is 2.38. The summed E-state index contributed by atoms with van der Waals surface area (Å²) in [5.41, 5.74) is 0.370. The van der Waals surface area contributed by atoms with Crippen LogP contribution in [0.15, 0.2) is 30.5 Å². The van der Waals surface area contributed by atoms with E-state index in [9.17, 15) is 9.90 Å². The Bertz CT molecular complexity index is 687. The Morgan fingerprint density at radius 1 is 1.42 bits per heavy atom. The topological polar surface area (TPSA) is 86.0 Å². The Morgan fingerprint density at radius 2 is 2.11 bits per heavy atom. The number of hydrogen-bond donors (Lipinski definition) is 2. The number of carboxylic acids is 1. The average molecular weight is 255 g/mol. The highest BCUT2D eigenvalue weighted by molar-refractivity contribution is 5.96. The van der Waals surface area contributed by atoms with Gasteiger partial charge in [0.15, 0.2) is 0 Å². The quantitative estimate of drug-likeness (QED) is 0.879. The van der Waals surface area contributed by atoms with E-state index in [0.717, 1.165) is 5.39 Å². The van der Waals surface area contributed by atoms with Crippen LogP contribution in [0.5, 0.6) is 0 Å². The Morgan fingerprint density at radius 3 is 2.74 bits per heavy atom. The van der Waals surface area contributed by atoms with Crippen LogP contribution in [0.1, 0.15) is 19.4 Å². The molecule has 2 aromatic rings. The maximum absolute atomic E-state index is 11.2. The number of nitriles is 1. The number of benzene rings is 1. The van der Waals surface area contributed by atoms with Crippen LogP contribution in [0.4, 0.5) is 5.69 Å². The van der Waals surface area contributed by atoms with Crippen molar-refractivity contribution in [2.75, 3.05) is 5.32 Å². The normalized spacial score (nSPS) is 11.0. The Balaban J connectivity index is 2.64. The number of nitrogens with zero attached hydrogens (tertiary/aromatic N) is 2. The fourth-order valence-electron chi connectivity index (χ4n) is 1.73. The molecule has 0 aliphatic rings. The molecule has 0 radical (unpaired) electrons. The van der Waals surface area contributed by atoms with E-state index in [-0.39, 0.29) is 0 Å². The lowest BCUT2D eigenvalue weighted by Gasteiger charge is -2.24. The number of nitrogens with one attached hydrogen (secondary N) is 1. The molecule has 0 bridgehead atoms. The molecule has 0 aliphatic heterocycles. The van der Waals surface area contributed by atoms with Gasteiger partial charge in [-0.15, -0.1) is 0 Å². The summed E-state index contributed by atoms with van der Waals surface area (Å²) < 4.78 is 0. The molecule has 96 valence electrons. The maximum Gasteiger partial charge on any atom is 0.328 e. The van der Waals surface area contributed by atoms with Crippen molar-refractivity contribution in [3.05, 3.63) is 36.0 Å². The van der Waals surface area contributed by atoms with E-state index in [2.05, 4.69) is 10.3 Å². The number of hydrogen-bond acceptors (Lipinski definition) is 4. The minimum absolute atomic E-state index is 0.327. The number of carbonyl (C=O) groups is 1. The molecule has 5 nitrogen and oxygen atoms in total. The van der Waals surface area contributed by atoms with Crippen molar-refractivity contribution in [2.24, 2.45) is 0 Å². The van der Waals surface area contributed by atoms with Gasteiger partial charge in [-0.2, -0.15) is 5.26 Å². The minimum atomic E-state index is -1.17. The standard InChI is InChI=1S/C14H13N3O2/c1-14(2,13(18)19)17-12-9(7-15)8-16-11-6-4-3-5-10(11)12/h3-6,8H,1-2H3,(H,16,17)(H,18,19). The number of fused-ring (bicyclic) bond motifs is 1. The molecule has 0 spiro atoms. The average Bonchev–Trinajstić information content (AvgIpc) is 2.38. The SMILES string of the molecule is CC(C)(Nc1c(C#N)cnc2ccccc12)C(=O)O. The summed E-state index contributed by atoms with van der Waals surface area (Å²) in [4.78, 5) is 15.4. The molecule has 1 aromatic carbocycles. The van der Waals surface area contributed by atoms with Crippen LogP contribution in [-0.2, 0) is 4.79 Å². The van der Waals surface area contributed by atoms with Crippen LogP contribution < -0.4 is 5.32 Å². The van der Waals surface area contributed by atoms with Crippen LogP contribution in [0, 0.1) is 11.3 Å². The van der Waals surface area contributed by atoms with E-state index in [1.54, 1.807) is 13.8 Å². The van der Waals surface area contributed by atoms with E-state index in [4.69, 9.17) is 5.26 Å². The molecule has 1 heterocycles. The van der Waals surface area contributed by atoms with Gasteiger partial charge in [-0.05, 0) is 19.9 Å². The maximum atomic E-state index is 11.2. The summed E-state index contributed by atoms with van der Waals surface area (Å²) in [5.74, 6) is -0.989. The molecule has 1 aromatic heterocycles. The zero-order valence-corrected chi connectivity index (χ0v) is 10.6. The third-order valence-corrected chi connectivity index (χ3v) is 2.87. The van der Waals surface area contributed by atoms with Crippen LogP contribution in [0.3, 0.4) is 0 Å². The zero-order chi connectivity index (χ0) is 14.0. The minimum Gasteiger partial charge on any atom is -0.480 e. The highest BCUT2D eigenvalue weighted by Crippen LogP contribution is 2.28. The van der Waals surface area contributed by atoms with Gasteiger partial charge in [-0.1, -0.05) is 18.2 Å². The van der Waals surface area contributed by atoms with Crippen LogP contribution in [0.25, 0.3) is 10.9 Å². The molecule has 2 N–H and O–H groups in total. The summed E-state index contributed by atoms with van der Waals surface area (Å²) in [6.07, 6.45) is 1.45. The van der Waals surface area contributed by atoms with E-state index < -0.39 is 11.5 Å². The third-order valence-electron chi connectivity index (χ3n) is 2.87. The lowest BCUT2D eigenvalue weighted by Crippen LogP contribution is -2.40. The van der Waals surface area contributed by atoms with Gasteiger partial charge < -0.3 is 10.4 Å². The number of carboxylic acid groups (broad SMARTS) is 1. The lowest BCUT2D eigenvalue weighted by atomic mass is 10.0. The van der Waals surface area contributed by atoms with Gasteiger partial charge in [-0.3, -0.25) is 4.98 Å². The van der Waals surface area contributed by atoms with E-state index in [0.29, 0.717) is 16.8 Å².